The average molecular weight is 374 g/mol. The summed E-state index contributed by atoms with van der Waals surface area (Å²) in [4.78, 5) is 2.85. The summed E-state index contributed by atoms with van der Waals surface area (Å²) in [5.74, 6) is -0.381. The van der Waals surface area contributed by atoms with Crippen LogP contribution in [0.1, 0.15) is 12.0 Å². The predicted molar refractivity (Wildman–Crippen MR) is 80.5 cm³/mol. The van der Waals surface area contributed by atoms with Gasteiger partial charge in [-0.25, -0.2) is 13.3 Å². The summed E-state index contributed by atoms with van der Waals surface area (Å²) in [6, 6.07) is 2.89. The molecule has 0 unspecified atom stereocenters. The highest BCUT2D eigenvalue weighted by Gasteiger charge is 2.64. The van der Waals surface area contributed by atoms with Gasteiger partial charge < -0.3 is 9.84 Å². The number of aliphatic hydroxyl groups excluding tert-OH is 1. The van der Waals surface area contributed by atoms with Crippen molar-refractivity contribution in [1.29, 1.82) is 0 Å². The lowest BCUT2D eigenvalue weighted by molar-refractivity contribution is -0.136. The standard InChI is InChI=1S/C15H13F3N2O4S/c1-19-10-3-2-7(4-9(10)15(16,17)18)20-6-8-12-5-11(21)13(24-12)14(8)25(20,22)23/h2-4,8,11-14,21H,5-6H2/t8-,11+,12-,13-,14-/m1/s1. The minimum absolute atomic E-state index is 0.00947. The average Bonchev–Trinajstić information content (AvgIpc) is 3.15. The van der Waals surface area contributed by atoms with Crippen molar-refractivity contribution in [2.24, 2.45) is 5.92 Å². The van der Waals surface area contributed by atoms with Crippen LogP contribution in [0, 0.1) is 12.5 Å². The van der Waals surface area contributed by atoms with Crippen molar-refractivity contribution in [3.8, 4) is 0 Å². The number of aliphatic hydroxyl groups is 1. The van der Waals surface area contributed by atoms with Crippen LogP contribution in [0.3, 0.4) is 0 Å². The Morgan fingerprint density at radius 3 is 2.72 bits per heavy atom. The van der Waals surface area contributed by atoms with E-state index < -0.39 is 51.0 Å². The molecule has 0 aromatic heterocycles. The lowest BCUT2D eigenvalue weighted by Crippen LogP contribution is -2.42. The van der Waals surface area contributed by atoms with E-state index in [-0.39, 0.29) is 18.2 Å². The second kappa shape index (κ2) is 5.09. The molecular weight excluding hydrogens is 361 g/mol. The van der Waals surface area contributed by atoms with Gasteiger partial charge in [0.25, 0.3) is 0 Å². The Labute approximate surface area is 141 Å². The van der Waals surface area contributed by atoms with Crippen molar-refractivity contribution in [2.75, 3.05) is 10.8 Å². The maximum atomic E-state index is 13.1. The molecule has 0 amide bonds. The number of anilines is 1. The van der Waals surface area contributed by atoms with Crippen LogP contribution < -0.4 is 4.31 Å². The van der Waals surface area contributed by atoms with E-state index in [0.29, 0.717) is 12.5 Å². The molecule has 3 aliphatic heterocycles. The first-order valence-electron chi connectivity index (χ1n) is 7.58. The predicted octanol–water partition coefficient (Wildman–Crippen LogP) is 1.92. The number of hydrogen-bond donors (Lipinski definition) is 1. The number of rotatable bonds is 1. The van der Waals surface area contributed by atoms with Gasteiger partial charge in [0.1, 0.15) is 11.4 Å². The smallest absolute Gasteiger partial charge is 0.390 e. The first-order valence-corrected chi connectivity index (χ1v) is 9.08. The van der Waals surface area contributed by atoms with E-state index in [0.717, 1.165) is 10.4 Å². The molecule has 0 radical (unpaired) electrons. The normalized spacial score (nSPS) is 35.6. The summed E-state index contributed by atoms with van der Waals surface area (Å²) in [7, 11) is -3.96. The maximum Gasteiger partial charge on any atom is 0.407 e. The number of benzene rings is 1. The number of halogens is 3. The molecule has 3 saturated heterocycles. The van der Waals surface area contributed by atoms with Gasteiger partial charge >= 0.3 is 6.18 Å². The van der Waals surface area contributed by atoms with Gasteiger partial charge in [0.05, 0.1) is 24.3 Å². The SMILES string of the molecule is [C-]#[N+]c1ccc(N2C[C@H]3[C@H]([C@@H]4O[C@@H]3C[C@@H]4O)S2(=O)=O)cc1C(F)(F)F. The molecule has 10 heteroatoms. The van der Waals surface area contributed by atoms with Crippen molar-refractivity contribution >= 4 is 21.4 Å². The largest absolute Gasteiger partial charge is 0.407 e. The fourth-order valence-electron chi connectivity index (χ4n) is 4.06. The number of nitrogens with zero attached hydrogens (tertiary/aromatic N) is 2. The van der Waals surface area contributed by atoms with E-state index in [1.54, 1.807) is 0 Å². The van der Waals surface area contributed by atoms with Crippen molar-refractivity contribution in [3.05, 3.63) is 35.2 Å². The first-order chi connectivity index (χ1) is 11.6. The van der Waals surface area contributed by atoms with Gasteiger partial charge in [-0.2, -0.15) is 13.2 Å². The molecule has 25 heavy (non-hydrogen) atoms. The van der Waals surface area contributed by atoms with E-state index in [2.05, 4.69) is 4.85 Å². The number of alkyl halides is 3. The topological polar surface area (TPSA) is 71.2 Å². The molecule has 0 saturated carbocycles. The second-order valence-corrected chi connectivity index (χ2v) is 8.47. The van der Waals surface area contributed by atoms with Crippen molar-refractivity contribution in [1.82, 2.24) is 0 Å². The number of fused-ring (bicyclic) bond motifs is 5. The van der Waals surface area contributed by atoms with Gasteiger partial charge in [0, 0.05) is 24.6 Å². The fourth-order valence-corrected chi connectivity index (χ4v) is 6.43. The molecule has 1 aromatic carbocycles. The Kier molecular flexibility index (Phi) is 3.39. The number of ether oxygens (including phenoxy) is 1. The Bertz CT molecular complexity index is 880. The van der Waals surface area contributed by atoms with Gasteiger partial charge in [-0.05, 0) is 12.1 Å². The van der Waals surface area contributed by atoms with Crippen LogP contribution in [0.4, 0.5) is 24.5 Å². The summed E-state index contributed by atoms with van der Waals surface area (Å²) in [5.41, 5.74) is -1.86. The molecule has 5 atom stereocenters. The van der Waals surface area contributed by atoms with Crippen LogP contribution in [0.15, 0.2) is 18.2 Å². The lowest BCUT2D eigenvalue weighted by atomic mass is 9.87. The molecule has 1 N–H and O–H groups in total. The summed E-state index contributed by atoms with van der Waals surface area (Å²) >= 11 is 0. The second-order valence-electron chi connectivity index (χ2n) is 6.46. The summed E-state index contributed by atoms with van der Waals surface area (Å²) < 4.78 is 71.5. The molecule has 0 aliphatic carbocycles. The molecule has 134 valence electrons. The maximum absolute atomic E-state index is 13.1. The monoisotopic (exact) mass is 374 g/mol. The molecule has 1 aromatic rings. The lowest BCUT2D eigenvalue weighted by Gasteiger charge is -2.23. The van der Waals surface area contributed by atoms with E-state index in [1.165, 1.54) is 6.07 Å². The molecule has 3 aliphatic rings. The summed E-state index contributed by atoms with van der Waals surface area (Å²) in [6.45, 7) is 6.87. The zero-order chi connectivity index (χ0) is 18.1. The van der Waals surface area contributed by atoms with Gasteiger partial charge in [0.15, 0.2) is 5.69 Å². The first kappa shape index (κ1) is 16.6. The highest BCUT2D eigenvalue weighted by Crippen LogP contribution is 2.49. The third-order valence-electron chi connectivity index (χ3n) is 5.13. The van der Waals surface area contributed by atoms with Crippen LogP contribution in [-0.4, -0.2) is 43.6 Å². The quantitative estimate of drug-likeness (QED) is 0.763. The van der Waals surface area contributed by atoms with E-state index >= 15 is 0 Å². The van der Waals surface area contributed by atoms with E-state index in [1.807, 2.05) is 0 Å². The molecule has 2 bridgehead atoms. The highest BCUT2D eigenvalue weighted by atomic mass is 32.2. The Morgan fingerprint density at radius 2 is 2.08 bits per heavy atom. The van der Waals surface area contributed by atoms with Crippen LogP contribution in [0.5, 0.6) is 0 Å². The Balaban J connectivity index is 1.76. The van der Waals surface area contributed by atoms with Crippen LogP contribution in [0.25, 0.3) is 4.85 Å². The van der Waals surface area contributed by atoms with Gasteiger partial charge in [-0.1, -0.05) is 6.07 Å². The van der Waals surface area contributed by atoms with Gasteiger partial charge in [-0.15, -0.1) is 0 Å². The molecule has 0 spiro atoms. The minimum Gasteiger partial charge on any atom is -0.390 e. The molecule has 3 heterocycles. The van der Waals surface area contributed by atoms with Gasteiger partial charge in [-0.3, -0.25) is 4.31 Å². The zero-order valence-electron chi connectivity index (χ0n) is 12.6. The van der Waals surface area contributed by atoms with E-state index in [4.69, 9.17) is 11.3 Å². The van der Waals surface area contributed by atoms with Crippen molar-refractivity contribution in [3.63, 3.8) is 0 Å². The fraction of sp³-hybridized carbons (Fsp3) is 0.533. The van der Waals surface area contributed by atoms with Crippen LogP contribution in [-0.2, 0) is 20.9 Å². The molecular formula is C15H13F3N2O4S. The third kappa shape index (κ3) is 2.26. The molecule has 4 rings (SSSR count). The Hall–Kier alpha value is -1.83. The molecule has 3 fully saturated rings. The zero-order valence-corrected chi connectivity index (χ0v) is 13.5. The van der Waals surface area contributed by atoms with Crippen molar-refractivity contribution < 1.29 is 31.4 Å². The highest BCUT2D eigenvalue weighted by molar-refractivity contribution is 7.93. The minimum atomic E-state index is -4.76. The number of sulfonamides is 1. The molecule has 6 nitrogen and oxygen atoms in total. The van der Waals surface area contributed by atoms with Crippen LogP contribution in [0.2, 0.25) is 0 Å². The van der Waals surface area contributed by atoms with Crippen LogP contribution >= 0.6 is 0 Å². The summed E-state index contributed by atoms with van der Waals surface area (Å²) in [5, 5.41) is 8.94. The van der Waals surface area contributed by atoms with Gasteiger partial charge in [0.2, 0.25) is 10.0 Å². The Morgan fingerprint density at radius 1 is 1.36 bits per heavy atom. The van der Waals surface area contributed by atoms with E-state index in [9.17, 15) is 26.7 Å². The van der Waals surface area contributed by atoms with Crippen molar-refractivity contribution in [2.45, 2.75) is 36.2 Å². The third-order valence-corrected chi connectivity index (χ3v) is 7.41. The number of hydrogen-bond acceptors (Lipinski definition) is 4. The summed E-state index contributed by atoms with van der Waals surface area (Å²) in [6.07, 6.45) is -6.55.